The quantitative estimate of drug-likeness (QED) is 0.843. The Hall–Kier alpha value is -1.36. The van der Waals surface area contributed by atoms with E-state index in [-0.39, 0.29) is 11.3 Å². The van der Waals surface area contributed by atoms with E-state index in [0.29, 0.717) is 6.54 Å². The molecule has 0 aliphatic carbocycles. The average Bonchev–Trinajstić information content (AvgIpc) is 2.48. The van der Waals surface area contributed by atoms with E-state index in [1.165, 1.54) is 0 Å². The molecule has 0 fully saturated rings. The van der Waals surface area contributed by atoms with Crippen LogP contribution in [0.15, 0.2) is 0 Å². The highest BCUT2D eigenvalue weighted by Gasteiger charge is 2.27. The van der Waals surface area contributed by atoms with Crippen LogP contribution in [0.3, 0.4) is 0 Å². The van der Waals surface area contributed by atoms with Gasteiger partial charge in [-0.2, -0.15) is 5.10 Å². The number of carbonyl (C=O) groups is 1. The summed E-state index contributed by atoms with van der Waals surface area (Å²) in [4.78, 5) is 11.9. The van der Waals surface area contributed by atoms with Gasteiger partial charge in [0.15, 0.2) is 0 Å². The molecular weight excluding hydrogens is 228 g/mol. The molecule has 1 amide bonds. The third-order valence-corrected chi connectivity index (χ3v) is 3.31. The minimum Gasteiger partial charge on any atom is -0.351 e. The van der Waals surface area contributed by atoms with E-state index in [1.807, 2.05) is 46.3 Å². The summed E-state index contributed by atoms with van der Waals surface area (Å²) in [6, 6.07) is -0.505. The van der Waals surface area contributed by atoms with Crippen LogP contribution in [-0.4, -0.2) is 21.7 Å². The molecule has 1 aromatic rings. The lowest BCUT2D eigenvalue weighted by Crippen LogP contribution is -2.48. The number of nitrogens with two attached hydrogens (primary N) is 1. The third kappa shape index (κ3) is 3.10. The van der Waals surface area contributed by atoms with Gasteiger partial charge in [0.1, 0.15) is 0 Å². The molecule has 18 heavy (non-hydrogen) atoms. The van der Waals surface area contributed by atoms with Crippen LogP contribution in [-0.2, 0) is 18.4 Å². The fraction of sp³-hybridized carbons (Fsp3) is 0.692. The van der Waals surface area contributed by atoms with Gasteiger partial charge in [0.05, 0.1) is 11.7 Å². The van der Waals surface area contributed by atoms with Gasteiger partial charge in [-0.15, -0.1) is 0 Å². The van der Waals surface area contributed by atoms with Crippen molar-refractivity contribution < 1.29 is 4.79 Å². The molecule has 3 N–H and O–H groups in total. The number of hydrogen-bond donors (Lipinski definition) is 2. The summed E-state index contributed by atoms with van der Waals surface area (Å²) in [7, 11) is 1.90. The van der Waals surface area contributed by atoms with E-state index in [1.54, 1.807) is 0 Å². The molecule has 0 aliphatic rings. The van der Waals surface area contributed by atoms with Crippen molar-refractivity contribution in [3.8, 4) is 0 Å². The summed E-state index contributed by atoms with van der Waals surface area (Å²) in [6.45, 7) is 10.3. The van der Waals surface area contributed by atoms with E-state index in [4.69, 9.17) is 5.73 Å². The van der Waals surface area contributed by atoms with Crippen molar-refractivity contribution in [1.29, 1.82) is 0 Å². The van der Waals surface area contributed by atoms with E-state index >= 15 is 0 Å². The van der Waals surface area contributed by atoms with Crippen LogP contribution < -0.4 is 11.1 Å². The maximum atomic E-state index is 11.9. The van der Waals surface area contributed by atoms with Gasteiger partial charge in [-0.3, -0.25) is 9.48 Å². The van der Waals surface area contributed by atoms with Crippen molar-refractivity contribution in [2.75, 3.05) is 0 Å². The van der Waals surface area contributed by atoms with E-state index in [9.17, 15) is 4.79 Å². The monoisotopic (exact) mass is 252 g/mol. The average molecular weight is 252 g/mol. The Bertz CT molecular complexity index is 443. The van der Waals surface area contributed by atoms with E-state index < -0.39 is 6.04 Å². The van der Waals surface area contributed by atoms with Crippen LogP contribution in [0.1, 0.15) is 37.7 Å². The fourth-order valence-electron chi connectivity index (χ4n) is 1.75. The molecule has 1 rings (SSSR count). The van der Waals surface area contributed by atoms with Crippen LogP contribution >= 0.6 is 0 Å². The summed E-state index contributed by atoms with van der Waals surface area (Å²) in [5.41, 5.74) is 8.75. The summed E-state index contributed by atoms with van der Waals surface area (Å²) in [5, 5.41) is 7.20. The van der Waals surface area contributed by atoms with Crippen molar-refractivity contribution in [2.24, 2.45) is 18.2 Å². The summed E-state index contributed by atoms with van der Waals surface area (Å²) >= 11 is 0. The molecule has 0 aliphatic heterocycles. The Kier molecular flexibility index (Phi) is 4.16. The Morgan fingerprint density at radius 3 is 2.39 bits per heavy atom. The fourth-order valence-corrected chi connectivity index (χ4v) is 1.75. The number of carbonyl (C=O) groups excluding carboxylic acids is 1. The molecule has 0 spiro atoms. The lowest BCUT2D eigenvalue weighted by Gasteiger charge is -2.25. The van der Waals surface area contributed by atoms with Crippen molar-refractivity contribution in [1.82, 2.24) is 15.1 Å². The second kappa shape index (κ2) is 5.10. The Labute approximate surface area is 109 Å². The maximum absolute atomic E-state index is 11.9. The first kappa shape index (κ1) is 14.7. The number of hydrogen-bond acceptors (Lipinski definition) is 3. The largest absolute Gasteiger partial charge is 0.351 e. The molecule has 0 unspecified atom stereocenters. The van der Waals surface area contributed by atoms with Crippen LogP contribution in [0.5, 0.6) is 0 Å². The molecule has 1 heterocycles. The minimum atomic E-state index is -0.505. The smallest absolute Gasteiger partial charge is 0.237 e. The summed E-state index contributed by atoms with van der Waals surface area (Å²) in [6.07, 6.45) is 0. The number of amides is 1. The first-order valence-corrected chi connectivity index (χ1v) is 6.17. The summed E-state index contributed by atoms with van der Waals surface area (Å²) in [5.74, 6) is -0.120. The van der Waals surface area contributed by atoms with Crippen molar-refractivity contribution in [3.63, 3.8) is 0 Å². The van der Waals surface area contributed by atoms with Crippen molar-refractivity contribution in [2.45, 2.75) is 47.2 Å². The number of aromatic nitrogens is 2. The Morgan fingerprint density at radius 1 is 1.44 bits per heavy atom. The van der Waals surface area contributed by atoms with Gasteiger partial charge < -0.3 is 11.1 Å². The maximum Gasteiger partial charge on any atom is 0.237 e. The van der Waals surface area contributed by atoms with Gasteiger partial charge in [0, 0.05) is 24.8 Å². The predicted octanol–water partition coefficient (Wildman–Crippen LogP) is 1.03. The van der Waals surface area contributed by atoms with Crippen LogP contribution in [0.25, 0.3) is 0 Å². The lowest BCUT2D eigenvalue weighted by atomic mass is 9.87. The molecule has 0 radical (unpaired) electrons. The molecule has 1 atom stereocenters. The highest BCUT2D eigenvalue weighted by molar-refractivity contribution is 5.82. The molecular formula is C13H24N4O. The van der Waals surface area contributed by atoms with Crippen LogP contribution in [0.2, 0.25) is 0 Å². The van der Waals surface area contributed by atoms with E-state index in [0.717, 1.165) is 17.0 Å². The Morgan fingerprint density at radius 2 is 2.00 bits per heavy atom. The number of nitrogens with zero attached hydrogens (tertiary/aromatic N) is 2. The molecule has 0 bridgehead atoms. The second-order valence-electron chi connectivity index (χ2n) is 5.83. The second-order valence-corrected chi connectivity index (χ2v) is 5.83. The zero-order valence-corrected chi connectivity index (χ0v) is 12.2. The van der Waals surface area contributed by atoms with Gasteiger partial charge in [-0.25, -0.2) is 0 Å². The number of nitrogens with one attached hydrogen (secondary N) is 1. The van der Waals surface area contributed by atoms with Crippen LogP contribution in [0, 0.1) is 19.3 Å². The highest BCUT2D eigenvalue weighted by Crippen LogP contribution is 2.17. The topological polar surface area (TPSA) is 72.9 Å². The van der Waals surface area contributed by atoms with Gasteiger partial charge in [0.25, 0.3) is 0 Å². The third-order valence-electron chi connectivity index (χ3n) is 3.31. The van der Waals surface area contributed by atoms with Gasteiger partial charge in [0.2, 0.25) is 5.91 Å². The molecule has 5 nitrogen and oxygen atoms in total. The van der Waals surface area contributed by atoms with Crippen LogP contribution in [0.4, 0.5) is 0 Å². The first-order chi connectivity index (χ1) is 8.14. The SMILES string of the molecule is Cc1nn(C)c(C)c1CNC(=O)[C@@H](N)C(C)(C)C. The summed E-state index contributed by atoms with van der Waals surface area (Å²) < 4.78 is 1.82. The molecule has 5 heteroatoms. The van der Waals surface area contributed by atoms with Crippen molar-refractivity contribution in [3.05, 3.63) is 17.0 Å². The zero-order chi connectivity index (χ0) is 14.1. The van der Waals surface area contributed by atoms with Gasteiger partial charge in [-0.1, -0.05) is 20.8 Å². The highest BCUT2D eigenvalue weighted by atomic mass is 16.2. The molecule has 0 aromatic carbocycles. The zero-order valence-electron chi connectivity index (χ0n) is 12.2. The normalized spacial score (nSPS) is 13.5. The predicted molar refractivity (Wildman–Crippen MR) is 72.0 cm³/mol. The van der Waals surface area contributed by atoms with Crippen molar-refractivity contribution >= 4 is 5.91 Å². The number of rotatable bonds is 3. The molecule has 0 saturated heterocycles. The van der Waals surface area contributed by atoms with Gasteiger partial charge in [-0.05, 0) is 19.3 Å². The van der Waals surface area contributed by atoms with Gasteiger partial charge >= 0.3 is 0 Å². The molecule has 0 saturated carbocycles. The molecule has 1 aromatic heterocycles. The molecule has 102 valence electrons. The lowest BCUT2D eigenvalue weighted by molar-refractivity contribution is -0.124. The Balaban J connectivity index is 2.69. The van der Waals surface area contributed by atoms with E-state index in [2.05, 4.69) is 10.4 Å². The first-order valence-electron chi connectivity index (χ1n) is 6.17. The standard InChI is InChI=1S/C13H24N4O/c1-8-10(9(2)17(6)16-8)7-15-12(18)11(14)13(3,4)5/h11H,7,14H2,1-6H3,(H,15,18)/t11-/m1/s1. The number of aryl methyl sites for hydroxylation is 2. The minimum absolute atomic E-state index is 0.120.